The minimum Gasteiger partial charge on any atom is -1.00 e. The van der Waals surface area contributed by atoms with E-state index >= 15 is 0 Å². The molecule has 0 saturated heterocycles. The molecule has 2 N–H and O–H groups in total. The van der Waals surface area contributed by atoms with Gasteiger partial charge in [-0.3, -0.25) is 13.9 Å². The van der Waals surface area contributed by atoms with Gasteiger partial charge in [-0.2, -0.15) is 8.42 Å². The minimum atomic E-state index is -4.67. The van der Waals surface area contributed by atoms with Gasteiger partial charge in [0.1, 0.15) is 0 Å². The van der Waals surface area contributed by atoms with Gasteiger partial charge in [-0.25, -0.2) is 0 Å². The maximum Gasteiger partial charge on any atom is 1.00 e. The summed E-state index contributed by atoms with van der Waals surface area (Å²) in [6.07, 6.45) is 20.9. The van der Waals surface area contributed by atoms with Crippen LogP contribution in [-0.2, 0) is 19.9 Å². The van der Waals surface area contributed by atoms with Crippen molar-refractivity contribution < 1.29 is 58.0 Å². The summed E-state index contributed by atoms with van der Waals surface area (Å²) >= 11 is 0. The maximum absolute atomic E-state index is 10.9. The Morgan fingerprint density at radius 1 is 0.741 bits per heavy atom. The summed E-state index contributed by atoms with van der Waals surface area (Å²) in [6, 6.07) is 0. The largest absolute Gasteiger partial charge is 1.00 e. The third-order valence-electron chi connectivity index (χ3n) is 4.21. The van der Waals surface area contributed by atoms with Crippen LogP contribution in [0.5, 0.6) is 0 Å². The summed E-state index contributed by atoms with van der Waals surface area (Å²) in [4.78, 5) is 10.9. The van der Waals surface area contributed by atoms with Crippen molar-refractivity contribution in [2.75, 3.05) is 7.11 Å². The third kappa shape index (κ3) is 41.7. The van der Waals surface area contributed by atoms with Crippen molar-refractivity contribution in [2.45, 2.75) is 110 Å². The fourth-order valence-electron chi connectivity index (χ4n) is 2.74. The SMILES string of the molecule is CCCCCCCCCCCCCCCCCC(=O)OC.O=S(=O)(O)O.[H-].[Na+]. The van der Waals surface area contributed by atoms with E-state index in [0.717, 1.165) is 6.42 Å². The average molecular weight is 421 g/mol. The van der Waals surface area contributed by atoms with E-state index in [0.29, 0.717) is 6.42 Å². The standard InChI is InChI=1S/C19H38O2.Na.H2O4S.H/c1-3-4-5-6-7-8-9-10-11-12-13-14-15-16-17-18-19(20)21-2;;1-5(2,3)4;/h3-18H2,1-2H3;;(H2,1,2,3,4);/q;+1;;-1. The number of hydrogen-bond acceptors (Lipinski definition) is 4. The molecule has 0 fully saturated rings. The molecule has 0 rings (SSSR count). The minimum absolute atomic E-state index is 0. The normalized spacial score (nSPS) is 10.5. The van der Waals surface area contributed by atoms with E-state index in [1.807, 2.05) is 0 Å². The second-order valence-electron chi connectivity index (χ2n) is 6.72. The van der Waals surface area contributed by atoms with Crippen molar-refractivity contribution in [3.63, 3.8) is 0 Å². The van der Waals surface area contributed by atoms with E-state index < -0.39 is 10.4 Å². The van der Waals surface area contributed by atoms with Gasteiger partial charge in [0.15, 0.2) is 0 Å². The summed E-state index contributed by atoms with van der Waals surface area (Å²) in [6.45, 7) is 2.28. The van der Waals surface area contributed by atoms with Crippen molar-refractivity contribution in [1.82, 2.24) is 0 Å². The first-order valence-electron chi connectivity index (χ1n) is 10.1. The van der Waals surface area contributed by atoms with Crippen molar-refractivity contribution in [3.05, 3.63) is 0 Å². The topological polar surface area (TPSA) is 101 Å². The average Bonchev–Trinajstić information content (AvgIpc) is 2.56. The number of carbonyl (C=O) groups excluding carboxylic acids is 1. The Labute approximate surface area is 190 Å². The van der Waals surface area contributed by atoms with Gasteiger partial charge in [0.25, 0.3) is 0 Å². The third-order valence-corrected chi connectivity index (χ3v) is 4.21. The predicted octanol–water partition coefficient (Wildman–Crippen LogP) is 2.88. The number of esters is 1. The monoisotopic (exact) mass is 420 g/mol. The van der Waals surface area contributed by atoms with Gasteiger partial charge in [0, 0.05) is 6.42 Å². The molecule has 0 aliphatic rings. The smallest absolute Gasteiger partial charge is 1.00 e. The Morgan fingerprint density at radius 2 is 1.00 bits per heavy atom. The van der Waals surface area contributed by atoms with Crippen LogP contribution in [0.25, 0.3) is 0 Å². The fourth-order valence-corrected chi connectivity index (χ4v) is 2.74. The van der Waals surface area contributed by atoms with E-state index in [2.05, 4.69) is 11.7 Å². The Bertz CT molecular complexity index is 399. The Hall–Kier alpha value is 0.340. The molecule has 0 radical (unpaired) electrons. The van der Waals surface area contributed by atoms with E-state index in [4.69, 9.17) is 17.5 Å². The molecule has 160 valence electrons. The molecule has 0 aromatic carbocycles. The van der Waals surface area contributed by atoms with E-state index in [1.54, 1.807) is 0 Å². The molecule has 0 aromatic heterocycles. The summed E-state index contributed by atoms with van der Waals surface area (Å²) in [7, 11) is -3.20. The number of hydrogen-bond donors (Lipinski definition) is 2. The molecule has 27 heavy (non-hydrogen) atoms. The van der Waals surface area contributed by atoms with Gasteiger partial charge in [0.05, 0.1) is 7.11 Å². The molecule has 0 heterocycles. The second-order valence-corrected chi connectivity index (χ2v) is 7.62. The Morgan fingerprint density at radius 3 is 1.26 bits per heavy atom. The van der Waals surface area contributed by atoms with Crippen LogP contribution < -0.4 is 29.6 Å². The quantitative estimate of drug-likeness (QED) is 0.172. The van der Waals surface area contributed by atoms with Crippen LogP contribution >= 0.6 is 0 Å². The first-order chi connectivity index (χ1) is 12.3. The molecule has 0 unspecified atom stereocenters. The van der Waals surface area contributed by atoms with Gasteiger partial charge in [-0.1, -0.05) is 96.8 Å². The molecular formula is C19H41NaO6S. The molecule has 0 aromatic rings. The number of rotatable bonds is 16. The van der Waals surface area contributed by atoms with E-state index in [9.17, 15) is 4.79 Å². The number of methoxy groups -OCH3 is 1. The van der Waals surface area contributed by atoms with Crippen molar-refractivity contribution >= 4 is 16.4 Å². The van der Waals surface area contributed by atoms with E-state index in [1.165, 1.54) is 97.0 Å². The Kier molecular flexibility index (Phi) is 28.9. The van der Waals surface area contributed by atoms with Crippen LogP contribution in [0.1, 0.15) is 111 Å². The number of carbonyl (C=O) groups is 1. The zero-order chi connectivity index (χ0) is 20.1. The van der Waals surface area contributed by atoms with Crippen molar-refractivity contribution in [1.29, 1.82) is 0 Å². The molecule has 8 heteroatoms. The first kappa shape index (κ1) is 32.0. The van der Waals surface area contributed by atoms with Gasteiger partial charge >= 0.3 is 45.9 Å². The van der Waals surface area contributed by atoms with Gasteiger partial charge in [-0.15, -0.1) is 0 Å². The van der Waals surface area contributed by atoms with Crippen molar-refractivity contribution in [2.24, 2.45) is 0 Å². The van der Waals surface area contributed by atoms with Crippen LogP contribution in [0.3, 0.4) is 0 Å². The van der Waals surface area contributed by atoms with Crippen LogP contribution in [-0.4, -0.2) is 30.6 Å². The van der Waals surface area contributed by atoms with Gasteiger partial charge < -0.3 is 6.16 Å². The maximum atomic E-state index is 10.9. The van der Waals surface area contributed by atoms with Crippen LogP contribution in [0.4, 0.5) is 0 Å². The second kappa shape index (κ2) is 24.4. The predicted molar refractivity (Wildman–Crippen MR) is 107 cm³/mol. The molecule has 0 amide bonds. The molecule has 0 spiro atoms. The van der Waals surface area contributed by atoms with Crippen molar-refractivity contribution in [3.8, 4) is 0 Å². The molecular weight excluding hydrogens is 379 g/mol. The zero-order valence-electron chi connectivity index (χ0n) is 18.7. The summed E-state index contributed by atoms with van der Waals surface area (Å²) in [5.74, 6) is -0.0651. The number of unbranched alkanes of at least 4 members (excludes halogenated alkanes) is 14. The molecule has 0 aliphatic heterocycles. The summed E-state index contributed by atoms with van der Waals surface area (Å²) in [5, 5.41) is 0. The summed E-state index contributed by atoms with van der Waals surface area (Å²) < 4.78 is 36.2. The fraction of sp³-hybridized carbons (Fsp3) is 0.947. The molecule has 6 nitrogen and oxygen atoms in total. The van der Waals surface area contributed by atoms with Gasteiger partial charge in [-0.05, 0) is 6.42 Å². The molecule has 0 bridgehead atoms. The molecule has 0 saturated carbocycles. The first-order valence-corrected chi connectivity index (χ1v) is 11.5. The van der Waals surface area contributed by atoms with Gasteiger partial charge in [0.2, 0.25) is 0 Å². The molecule has 0 atom stereocenters. The van der Waals surface area contributed by atoms with Crippen LogP contribution in [0.15, 0.2) is 0 Å². The number of ether oxygens (including phenoxy) is 1. The van der Waals surface area contributed by atoms with Crippen LogP contribution in [0.2, 0.25) is 0 Å². The Balaban J connectivity index is -0.000000364. The zero-order valence-corrected chi connectivity index (χ0v) is 20.6. The van der Waals surface area contributed by atoms with Crippen LogP contribution in [0, 0.1) is 0 Å². The summed E-state index contributed by atoms with van der Waals surface area (Å²) in [5.41, 5.74) is 0. The van der Waals surface area contributed by atoms with E-state index in [-0.39, 0.29) is 37.0 Å². The molecule has 0 aliphatic carbocycles.